The summed E-state index contributed by atoms with van der Waals surface area (Å²) in [6.45, 7) is 3.11. The lowest BCUT2D eigenvalue weighted by Crippen LogP contribution is -2.42. The Balaban J connectivity index is 0.00000161. The third-order valence-corrected chi connectivity index (χ3v) is 3.91. The van der Waals surface area contributed by atoms with Crippen molar-refractivity contribution >= 4 is 18.3 Å². The Kier molecular flexibility index (Phi) is 6.03. The standard InChI is InChI=1S/C16H22N2O2.ClH/c19-16(10-15-11-17-8-9-20-15)18(14-6-7-14)12-13-4-2-1-3-5-13;/h1-5,14-15,17H,6-12H2;1H. The summed E-state index contributed by atoms with van der Waals surface area (Å²) in [5.74, 6) is 0.227. The summed E-state index contributed by atoms with van der Waals surface area (Å²) in [6, 6.07) is 10.7. The molecule has 1 unspecified atom stereocenters. The fraction of sp³-hybridized carbons (Fsp3) is 0.562. The van der Waals surface area contributed by atoms with Crippen molar-refractivity contribution in [3.8, 4) is 0 Å². The van der Waals surface area contributed by atoms with Crippen molar-refractivity contribution in [3.63, 3.8) is 0 Å². The van der Waals surface area contributed by atoms with Gasteiger partial charge in [-0.15, -0.1) is 12.4 Å². The Morgan fingerprint density at radius 1 is 1.29 bits per heavy atom. The van der Waals surface area contributed by atoms with Gasteiger partial charge in [-0.05, 0) is 18.4 Å². The van der Waals surface area contributed by atoms with Gasteiger partial charge < -0.3 is 15.0 Å². The van der Waals surface area contributed by atoms with Gasteiger partial charge in [0, 0.05) is 25.7 Å². The molecule has 1 atom stereocenters. The van der Waals surface area contributed by atoms with Crippen LogP contribution in [0, 0.1) is 0 Å². The van der Waals surface area contributed by atoms with E-state index in [9.17, 15) is 4.79 Å². The quantitative estimate of drug-likeness (QED) is 0.904. The van der Waals surface area contributed by atoms with E-state index in [1.165, 1.54) is 5.56 Å². The van der Waals surface area contributed by atoms with Crippen LogP contribution in [0.1, 0.15) is 24.8 Å². The lowest BCUT2D eigenvalue weighted by Gasteiger charge is -2.27. The SMILES string of the molecule is Cl.O=C(CC1CNCCO1)N(Cc1ccccc1)C1CC1. The van der Waals surface area contributed by atoms with Crippen LogP contribution in [-0.4, -0.2) is 42.6 Å². The molecule has 1 aliphatic carbocycles. The first-order valence-corrected chi connectivity index (χ1v) is 7.48. The van der Waals surface area contributed by atoms with E-state index in [1.807, 2.05) is 23.1 Å². The Hall–Kier alpha value is -1.10. The van der Waals surface area contributed by atoms with Gasteiger partial charge in [-0.2, -0.15) is 0 Å². The van der Waals surface area contributed by atoms with Crippen LogP contribution >= 0.6 is 12.4 Å². The molecule has 0 aromatic heterocycles. The molecule has 1 heterocycles. The number of benzene rings is 1. The monoisotopic (exact) mass is 310 g/mol. The Bertz CT molecular complexity index is 445. The van der Waals surface area contributed by atoms with Crippen molar-refractivity contribution in [2.75, 3.05) is 19.7 Å². The van der Waals surface area contributed by atoms with E-state index in [2.05, 4.69) is 17.4 Å². The highest BCUT2D eigenvalue weighted by atomic mass is 35.5. The fourth-order valence-electron chi connectivity index (χ4n) is 2.65. The highest BCUT2D eigenvalue weighted by molar-refractivity contribution is 5.85. The van der Waals surface area contributed by atoms with Crippen molar-refractivity contribution in [3.05, 3.63) is 35.9 Å². The first kappa shape index (κ1) is 16.3. The van der Waals surface area contributed by atoms with Crippen LogP contribution < -0.4 is 5.32 Å². The van der Waals surface area contributed by atoms with Crippen LogP contribution in [0.2, 0.25) is 0 Å². The van der Waals surface area contributed by atoms with E-state index in [0.29, 0.717) is 19.1 Å². The second kappa shape index (κ2) is 7.78. The molecule has 1 saturated heterocycles. The van der Waals surface area contributed by atoms with Crippen molar-refractivity contribution in [1.29, 1.82) is 0 Å². The summed E-state index contributed by atoms with van der Waals surface area (Å²) < 4.78 is 5.64. The van der Waals surface area contributed by atoms with Crippen molar-refractivity contribution in [1.82, 2.24) is 10.2 Å². The van der Waals surface area contributed by atoms with Crippen LogP contribution in [0.5, 0.6) is 0 Å². The summed E-state index contributed by atoms with van der Waals surface area (Å²) in [4.78, 5) is 14.6. The third-order valence-electron chi connectivity index (χ3n) is 3.91. The first-order chi connectivity index (χ1) is 9.83. The summed E-state index contributed by atoms with van der Waals surface area (Å²) in [7, 11) is 0. The lowest BCUT2D eigenvalue weighted by atomic mass is 10.1. The maximum absolute atomic E-state index is 12.5. The zero-order chi connectivity index (χ0) is 13.8. The van der Waals surface area contributed by atoms with Crippen LogP contribution in [0.15, 0.2) is 30.3 Å². The smallest absolute Gasteiger partial charge is 0.225 e. The van der Waals surface area contributed by atoms with Gasteiger partial charge in [0.15, 0.2) is 0 Å². The number of halogens is 1. The molecular weight excluding hydrogens is 288 g/mol. The molecule has 0 bridgehead atoms. The van der Waals surface area contributed by atoms with E-state index in [0.717, 1.165) is 32.5 Å². The summed E-state index contributed by atoms with van der Waals surface area (Å²) >= 11 is 0. The predicted octanol–water partition coefficient (Wildman–Crippen LogP) is 1.98. The average Bonchev–Trinajstić information content (AvgIpc) is 3.31. The zero-order valence-electron chi connectivity index (χ0n) is 12.2. The Labute approximate surface area is 132 Å². The summed E-state index contributed by atoms with van der Waals surface area (Å²) in [5.41, 5.74) is 1.20. The predicted molar refractivity (Wildman–Crippen MR) is 84.5 cm³/mol. The second-order valence-corrected chi connectivity index (χ2v) is 5.64. The molecule has 0 spiro atoms. The first-order valence-electron chi connectivity index (χ1n) is 7.48. The number of carbonyl (C=O) groups is 1. The molecule has 1 aromatic carbocycles. The molecule has 2 fully saturated rings. The normalized spacial score (nSPS) is 21.4. The van der Waals surface area contributed by atoms with E-state index in [4.69, 9.17) is 4.74 Å². The molecule has 0 radical (unpaired) electrons. The minimum Gasteiger partial charge on any atom is -0.375 e. The summed E-state index contributed by atoms with van der Waals surface area (Å²) in [6.07, 6.45) is 2.81. The summed E-state index contributed by atoms with van der Waals surface area (Å²) in [5, 5.41) is 3.28. The number of hydrogen-bond acceptors (Lipinski definition) is 3. The number of nitrogens with one attached hydrogen (secondary N) is 1. The number of amides is 1. The molecule has 1 N–H and O–H groups in total. The van der Waals surface area contributed by atoms with Crippen molar-refractivity contribution < 1.29 is 9.53 Å². The minimum atomic E-state index is 0. The third kappa shape index (κ3) is 4.70. The Morgan fingerprint density at radius 3 is 2.67 bits per heavy atom. The number of carbonyl (C=O) groups excluding carboxylic acids is 1. The van der Waals surface area contributed by atoms with Gasteiger partial charge in [0.2, 0.25) is 5.91 Å². The lowest BCUT2D eigenvalue weighted by molar-refractivity contribution is -0.136. The molecule has 4 nitrogen and oxygen atoms in total. The van der Waals surface area contributed by atoms with Crippen molar-refractivity contribution in [2.24, 2.45) is 0 Å². The highest BCUT2D eigenvalue weighted by Gasteiger charge is 2.33. The molecule has 1 aromatic rings. The molecule has 1 amide bonds. The van der Waals surface area contributed by atoms with Crippen LogP contribution in [0.25, 0.3) is 0 Å². The van der Waals surface area contributed by atoms with E-state index in [1.54, 1.807) is 0 Å². The molecule has 5 heteroatoms. The molecule has 116 valence electrons. The second-order valence-electron chi connectivity index (χ2n) is 5.64. The molecule has 1 aliphatic heterocycles. The number of hydrogen-bond donors (Lipinski definition) is 1. The fourth-order valence-corrected chi connectivity index (χ4v) is 2.65. The van der Waals surface area contributed by atoms with Gasteiger partial charge in [0.05, 0.1) is 19.1 Å². The largest absolute Gasteiger partial charge is 0.375 e. The average molecular weight is 311 g/mol. The van der Waals surface area contributed by atoms with Crippen LogP contribution in [0.3, 0.4) is 0 Å². The molecule has 2 aliphatic rings. The number of ether oxygens (including phenoxy) is 1. The van der Waals surface area contributed by atoms with Crippen LogP contribution in [-0.2, 0) is 16.1 Å². The number of rotatable bonds is 5. The number of nitrogens with zero attached hydrogens (tertiary/aromatic N) is 1. The van der Waals surface area contributed by atoms with Crippen LogP contribution in [0.4, 0.5) is 0 Å². The number of morpholine rings is 1. The van der Waals surface area contributed by atoms with Gasteiger partial charge in [0.1, 0.15) is 0 Å². The molecule has 1 saturated carbocycles. The van der Waals surface area contributed by atoms with Gasteiger partial charge in [-0.1, -0.05) is 30.3 Å². The zero-order valence-corrected chi connectivity index (χ0v) is 13.0. The van der Waals surface area contributed by atoms with Crippen molar-refractivity contribution in [2.45, 2.75) is 38.0 Å². The van der Waals surface area contributed by atoms with Gasteiger partial charge in [-0.25, -0.2) is 0 Å². The van der Waals surface area contributed by atoms with Gasteiger partial charge >= 0.3 is 0 Å². The van der Waals surface area contributed by atoms with Gasteiger partial charge in [0.25, 0.3) is 0 Å². The minimum absolute atomic E-state index is 0. The topological polar surface area (TPSA) is 41.6 Å². The van der Waals surface area contributed by atoms with E-state index < -0.39 is 0 Å². The highest BCUT2D eigenvalue weighted by Crippen LogP contribution is 2.29. The Morgan fingerprint density at radius 2 is 2.05 bits per heavy atom. The molecule has 3 rings (SSSR count). The maximum Gasteiger partial charge on any atom is 0.225 e. The molecular formula is C16H23ClN2O2. The van der Waals surface area contributed by atoms with Gasteiger partial charge in [-0.3, -0.25) is 4.79 Å². The van der Waals surface area contributed by atoms with E-state index >= 15 is 0 Å². The maximum atomic E-state index is 12.5. The van der Waals surface area contributed by atoms with E-state index in [-0.39, 0.29) is 24.4 Å². The molecule has 21 heavy (non-hydrogen) atoms.